The number of carboxylic acid groups (broad SMARTS) is 1. The smallest absolute Gasteiger partial charge is 0.330 e. The Labute approximate surface area is 143 Å². The quantitative estimate of drug-likeness (QED) is 0.867. The second-order valence-electron chi connectivity index (χ2n) is 6.50. The molecule has 3 rings (SSSR count). The Morgan fingerprint density at radius 3 is 2.71 bits per heavy atom. The van der Waals surface area contributed by atoms with Crippen LogP contribution in [0.15, 0.2) is 26.9 Å². The lowest BCUT2D eigenvalue weighted by Gasteiger charge is -2.58. The van der Waals surface area contributed by atoms with Gasteiger partial charge >= 0.3 is 5.97 Å². The number of ether oxygens (including phenoxy) is 1. The van der Waals surface area contributed by atoms with Gasteiger partial charge in [-0.3, -0.25) is 4.79 Å². The fourth-order valence-corrected chi connectivity index (χ4v) is 3.74. The molecule has 1 saturated carbocycles. The van der Waals surface area contributed by atoms with Crippen LogP contribution in [0.1, 0.15) is 37.6 Å². The molecule has 7 nitrogen and oxygen atoms in total. The first kappa shape index (κ1) is 16.8. The Morgan fingerprint density at radius 2 is 2.08 bits per heavy atom. The SMILES string of the molecule is CCOC1CC(NC(=O)c2ccc3c(c2)N=S=N3)(C(=O)O)C1(C)C. The number of hydrogen-bond acceptors (Lipinski definition) is 5. The third-order valence-electron chi connectivity index (χ3n) is 4.97. The third kappa shape index (κ3) is 2.37. The van der Waals surface area contributed by atoms with Gasteiger partial charge in [0.25, 0.3) is 5.91 Å². The van der Waals surface area contributed by atoms with Gasteiger partial charge in [-0.15, -0.1) is 0 Å². The van der Waals surface area contributed by atoms with Crippen LogP contribution in [0.25, 0.3) is 0 Å². The van der Waals surface area contributed by atoms with Crippen LogP contribution in [0, 0.1) is 5.41 Å². The first-order valence-electron chi connectivity index (χ1n) is 7.71. The van der Waals surface area contributed by atoms with Gasteiger partial charge < -0.3 is 15.2 Å². The van der Waals surface area contributed by atoms with Crippen LogP contribution in [-0.4, -0.2) is 35.2 Å². The van der Waals surface area contributed by atoms with Crippen LogP contribution in [0.5, 0.6) is 0 Å². The Bertz CT molecular complexity index is 786. The van der Waals surface area contributed by atoms with E-state index in [1.165, 1.54) is 0 Å². The minimum absolute atomic E-state index is 0.205. The number of fused-ring (bicyclic) bond motifs is 1. The highest BCUT2D eigenvalue weighted by Crippen LogP contribution is 2.51. The van der Waals surface area contributed by atoms with E-state index in [2.05, 4.69) is 14.0 Å². The van der Waals surface area contributed by atoms with Crippen molar-refractivity contribution in [2.24, 2.45) is 14.1 Å². The van der Waals surface area contributed by atoms with Crippen molar-refractivity contribution in [3.05, 3.63) is 23.8 Å². The summed E-state index contributed by atoms with van der Waals surface area (Å²) in [6, 6.07) is 4.95. The zero-order chi connectivity index (χ0) is 17.5. The molecule has 8 heteroatoms. The molecule has 1 heterocycles. The number of nitrogens with one attached hydrogen (secondary N) is 1. The van der Waals surface area contributed by atoms with Crippen molar-refractivity contribution in [1.29, 1.82) is 0 Å². The molecule has 24 heavy (non-hydrogen) atoms. The summed E-state index contributed by atoms with van der Waals surface area (Å²) >= 11 is 1.07. The van der Waals surface area contributed by atoms with Crippen LogP contribution in [0.3, 0.4) is 0 Å². The number of carbonyl (C=O) groups excluding carboxylic acids is 1. The van der Waals surface area contributed by atoms with E-state index in [0.29, 0.717) is 23.5 Å². The van der Waals surface area contributed by atoms with Crippen LogP contribution in [0.4, 0.5) is 11.4 Å². The van der Waals surface area contributed by atoms with Crippen LogP contribution in [-0.2, 0) is 20.9 Å². The van der Waals surface area contributed by atoms with E-state index in [9.17, 15) is 14.7 Å². The maximum atomic E-state index is 12.6. The van der Waals surface area contributed by atoms with Crippen molar-refractivity contribution in [1.82, 2.24) is 5.32 Å². The molecule has 0 saturated heterocycles. The van der Waals surface area contributed by atoms with Gasteiger partial charge in [-0.1, -0.05) is 13.8 Å². The number of nitrogens with zero attached hydrogens (tertiary/aromatic N) is 2. The average Bonchev–Trinajstić information content (AvgIpc) is 3.00. The van der Waals surface area contributed by atoms with Crippen molar-refractivity contribution < 1.29 is 19.4 Å². The molecular weight excluding hydrogens is 330 g/mol. The number of benzene rings is 1. The molecule has 0 spiro atoms. The third-order valence-corrected chi connectivity index (χ3v) is 5.53. The topological polar surface area (TPSA) is 100 Å². The highest BCUT2D eigenvalue weighted by atomic mass is 32.1. The Hall–Kier alpha value is -2.06. The largest absolute Gasteiger partial charge is 0.479 e. The lowest BCUT2D eigenvalue weighted by molar-refractivity contribution is -0.190. The van der Waals surface area contributed by atoms with Gasteiger partial charge in [-0.2, -0.15) is 8.73 Å². The first-order chi connectivity index (χ1) is 11.3. The molecule has 1 aliphatic carbocycles. The van der Waals surface area contributed by atoms with Crippen molar-refractivity contribution in [2.75, 3.05) is 6.61 Å². The van der Waals surface area contributed by atoms with Gasteiger partial charge in [-0.05, 0) is 25.1 Å². The molecule has 1 amide bonds. The van der Waals surface area contributed by atoms with Gasteiger partial charge in [0.05, 0.1) is 17.5 Å². The predicted octanol–water partition coefficient (Wildman–Crippen LogP) is 2.80. The zero-order valence-electron chi connectivity index (χ0n) is 13.7. The maximum Gasteiger partial charge on any atom is 0.330 e. The van der Waals surface area contributed by atoms with Crippen molar-refractivity contribution >= 4 is 34.6 Å². The van der Waals surface area contributed by atoms with Gasteiger partial charge in [0.15, 0.2) is 0 Å². The van der Waals surface area contributed by atoms with Gasteiger partial charge in [0.2, 0.25) is 0 Å². The van der Waals surface area contributed by atoms with E-state index in [0.717, 1.165) is 11.4 Å². The Morgan fingerprint density at radius 1 is 1.38 bits per heavy atom. The maximum absolute atomic E-state index is 12.6. The van der Waals surface area contributed by atoms with E-state index in [1.807, 2.05) is 6.92 Å². The Kier molecular flexibility index (Phi) is 4.05. The summed E-state index contributed by atoms with van der Waals surface area (Å²) in [5, 5.41) is 12.5. The fraction of sp³-hybridized carbons (Fsp3) is 0.500. The van der Waals surface area contributed by atoms with Crippen LogP contribution in [0.2, 0.25) is 0 Å². The van der Waals surface area contributed by atoms with E-state index >= 15 is 0 Å². The van der Waals surface area contributed by atoms with Gasteiger partial charge in [0.1, 0.15) is 16.9 Å². The lowest BCUT2D eigenvalue weighted by atomic mass is 9.54. The fourth-order valence-electron chi connectivity index (χ4n) is 3.23. The van der Waals surface area contributed by atoms with E-state index in [-0.39, 0.29) is 12.5 Å². The molecule has 2 N–H and O–H groups in total. The summed E-state index contributed by atoms with van der Waals surface area (Å²) in [7, 11) is 0. The number of carbonyl (C=O) groups is 2. The molecular formula is C16H19N3O4S. The second kappa shape index (κ2) is 5.78. The van der Waals surface area contributed by atoms with Gasteiger partial charge in [-0.25, -0.2) is 4.79 Å². The zero-order valence-corrected chi connectivity index (χ0v) is 14.5. The highest BCUT2D eigenvalue weighted by molar-refractivity contribution is 7.58. The standard InChI is InChI=1S/C16H19N3O4S/c1-4-23-12-8-16(14(21)22,15(12,2)3)17-13(20)9-5-6-10-11(7-9)19-24-18-10/h5-7,12H,4,8H2,1-3H3,(H,17,20)(H,21,22). The molecule has 2 atom stereocenters. The van der Waals surface area contributed by atoms with Crippen molar-refractivity contribution in [3.8, 4) is 0 Å². The number of hydrogen-bond donors (Lipinski definition) is 2. The normalized spacial score (nSPS) is 26.2. The molecule has 2 aliphatic rings. The Balaban J connectivity index is 1.84. The monoisotopic (exact) mass is 349 g/mol. The molecule has 0 aromatic heterocycles. The van der Waals surface area contributed by atoms with Crippen molar-refractivity contribution in [2.45, 2.75) is 38.8 Å². The molecule has 0 radical (unpaired) electrons. The summed E-state index contributed by atoms with van der Waals surface area (Å²) in [6.45, 7) is 5.98. The number of aliphatic carboxylic acids is 1. The number of carboxylic acids is 1. The molecule has 1 fully saturated rings. The average molecular weight is 349 g/mol. The summed E-state index contributed by atoms with van der Waals surface area (Å²) < 4.78 is 13.8. The molecule has 1 aliphatic heterocycles. The summed E-state index contributed by atoms with van der Waals surface area (Å²) in [4.78, 5) is 24.5. The summed E-state index contributed by atoms with van der Waals surface area (Å²) in [5.41, 5.74) is -0.357. The lowest BCUT2D eigenvalue weighted by Crippen LogP contribution is -2.76. The molecule has 1 aromatic carbocycles. The van der Waals surface area contributed by atoms with E-state index in [4.69, 9.17) is 4.74 Å². The van der Waals surface area contributed by atoms with Gasteiger partial charge in [0, 0.05) is 24.0 Å². The van der Waals surface area contributed by atoms with Crippen LogP contribution >= 0.6 is 0 Å². The minimum Gasteiger partial charge on any atom is -0.479 e. The number of amides is 1. The number of rotatable bonds is 5. The van der Waals surface area contributed by atoms with Crippen molar-refractivity contribution in [3.63, 3.8) is 0 Å². The van der Waals surface area contributed by atoms with E-state index in [1.54, 1.807) is 32.0 Å². The summed E-state index contributed by atoms with van der Waals surface area (Å²) in [5.74, 6) is -1.48. The van der Waals surface area contributed by atoms with Crippen LogP contribution < -0.4 is 5.32 Å². The van der Waals surface area contributed by atoms with E-state index < -0.39 is 22.8 Å². The first-order valence-corrected chi connectivity index (χ1v) is 8.44. The highest BCUT2D eigenvalue weighted by Gasteiger charge is 2.66. The molecule has 2 unspecified atom stereocenters. The predicted molar refractivity (Wildman–Crippen MR) is 89.6 cm³/mol. The minimum atomic E-state index is -1.35. The molecule has 0 bridgehead atoms. The second-order valence-corrected chi connectivity index (χ2v) is 7.03. The molecule has 128 valence electrons. The molecule has 1 aromatic rings. The summed E-state index contributed by atoms with van der Waals surface area (Å²) in [6.07, 6.45) is 0.0409.